The van der Waals surface area contributed by atoms with Crippen LogP contribution < -0.4 is 0 Å². The number of hydrogen-bond acceptors (Lipinski definition) is 1. The van der Waals surface area contributed by atoms with E-state index < -0.39 is 0 Å². The number of aromatic nitrogens is 1. The molecule has 2 heteroatoms. The van der Waals surface area contributed by atoms with Crippen LogP contribution in [0.15, 0.2) is 72.8 Å². The van der Waals surface area contributed by atoms with Gasteiger partial charge in [-0.1, -0.05) is 60.7 Å². The third-order valence-electron chi connectivity index (χ3n) is 3.74. The van der Waals surface area contributed by atoms with Gasteiger partial charge in [0.25, 0.3) is 0 Å². The van der Waals surface area contributed by atoms with Crippen LogP contribution in [-0.2, 0) is 19.6 Å². The molecule has 0 fully saturated rings. The second kappa shape index (κ2) is 6.42. The zero-order valence-electron chi connectivity index (χ0n) is 11.9. The molecule has 0 atom stereocenters. The van der Waals surface area contributed by atoms with Gasteiger partial charge in [-0.3, -0.25) is 0 Å². The molecule has 0 aliphatic heterocycles. The third kappa shape index (κ3) is 3.23. The van der Waals surface area contributed by atoms with E-state index in [0.717, 1.165) is 18.7 Å². The van der Waals surface area contributed by atoms with Crippen LogP contribution in [0, 0.1) is 0 Å². The molecule has 2 nitrogen and oxygen atoms in total. The van der Waals surface area contributed by atoms with Gasteiger partial charge in [0.2, 0.25) is 0 Å². The molecule has 0 spiro atoms. The van der Waals surface area contributed by atoms with E-state index in [4.69, 9.17) is 0 Å². The van der Waals surface area contributed by atoms with E-state index in [-0.39, 0.29) is 6.61 Å². The fourth-order valence-corrected chi connectivity index (χ4v) is 2.62. The Hall–Kier alpha value is -2.32. The van der Waals surface area contributed by atoms with Crippen LogP contribution in [0.2, 0.25) is 0 Å². The average molecular weight is 277 g/mol. The fraction of sp³-hybridized carbons (Fsp3) is 0.158. The van der Waals surface area contributed by atoms with Crippen molar-refractivity contribution in [3.8, 4) is 0 Å². The van der Waals surface area contributed by atoms with E-state index in [9.17, 15) is 5.11 Å². The molecule has 0 aliphatic carbocycles. The summed E-state index contributed by atoms with van der Waals surface area (Å²) in [6, 6.07) is 24.9. The number of benzene rings is 2. The summed E-state index contributed by atoms with van der Waals surface area (Å²) in [5, 5.41) is 9.56. The largest absolute Gasteiger partial charge is 0.390 e. The molecule has 21 heavy (non-hydrogen) atoms. The van der Waals surface area contributed by atoms with Gasteiger partial charge in [0.05, 0.1) is 6.61 Å². The van der Waals surface area contributed by atoms with Crippen LogP contribution in [0.25, 0.3) is 0 Å². The summed E-state index contributed by atoms with van der Waals surface area (Å²) >= 11 is 0. The Balaban J connectivity index is 1.89. The van der Waals surface area contributed by atoms with Crippen LogP contribution in [-0.4, -0.2) is 9.67 Å². The second-order valence-electron chi connectivity index (χ2n) is 5.21. The van der Waals surface area contributed by atoms with Crippen molar-refractivity contribution in [2.45, 2.75) is 19.6 Å². The molecule has 0 amide bonds. The number of nitrogens with zero attached hydrogens (tertiary/aromatic N) is 1. The highest BCUT2D eigenvalue weighted by Gasteiger charge is 2.08. The Morgan fingerprint density at radius 2 is 1.24 bits per heavy atom. The standard InChI is InChI=1S/C19H19NO/c21-15-19-12-11-18(13-16-7-3-1-4-8-16)20(19)14-17-9-5-2-6-10-17/h1-12,21H,13-15H2. The summed E-state index contributed by atoms with van der Waals surface area (Å²) in [4.78, 5) is 0. The molecule has 106 valence electrons. The van der Waals surface area contributed by atoms with Gasteiger partial charge >= 0.3 is 0 Å². The van der Waals surface area contributed by atoms with Crippen molar-refractivity contribution in [2.75, 3.05) is 0 Å². The first-order chi connectivity index (χ1) is 10.4. The Bertz CT molecular complexity index is 686. The van der Waals surface area contributed by atoms with Gasteiger partial charge in [0, 0.05) is 24.4 Å². The Morgan fingerprint density at radius 3 is 1.86 bits per heavy atom. The van der Waals surface area contributed by atoms with Crippen molar-refractivity contribution in [3.63, 3.8) is 0 Å². The van der Waals surface area contributed by atoms with Crippen LogP contribution in [0.4, 0.5) is 0 Å². The van der Waals surface area contributed by atoms with E-state index >= 15 is 0 Å². The molecule has 0 saturated heterocycles. The average Bonchev–Trinajstić information content (AvgIpc) is 2.91. The van der Waals surface area contributed by atoms with E-state index in [1.54, 1.807) is 0 Å². The maximum atomic E-state index is 9.56. The molecule has 3 aromatic rings. The molecule has 0 radical (unpaired) electrons. The van der Waals surface area contributed by atoms with Crippen LogP contribution in [0.3, 0.4) is 0 Å². The predicted octanol–water partition coefficient (Wildman–Crippen LogP) is 3.62. The molecule has 0 aliphatic rings. The predicted molar refractivity (Wildman–Crippen MR) is 85.1 cm³/mol. The zero-order valence-corrected chi connectivity index (χ0v) is 11.9. The first-order valence-electron chi connectivity index (χ1n) is 7.23. The number of hydrogen-bond donors (Lipinski definition) is 1. The van der Waals surface area contributed by atoms with Crippen molar-refractivity contribution < 1.29 is 5.11 Å². The highest BCUT2D eigenvalue weighted by Crippen LogP contribution is 2.16. The normalized spacial score (nSPS) is 10.7. The molecular formula is C19H19NO. The van der Waals surface area contributed by atoms with Crippen molar-refractivity contribution in [1.29, 1.82) is 0 Å². The van der Waals surface area contributed by atoms with E-state index in [2.05, 4.69) is 47.0 Å². The highest BCUT2D eigenvalue weighted by atomic mass is 16.3. The van der Waals surface area contributed by atoms with Crippen LogP contribution in [0.1, 0.15) is 22.5 Å². The molecule has 0 unspecified atom stereocenters. The maximum Gasteiger partial charge on any atom is 0.0833 e. The lowest BCUT2D eigenvalue weighted by Crippen LogP contribution is -2.08. The molecule has 0 saturated carbocycles. The molecule has 1 N–H and O–H groups in total. The summed E-state index contributed by atoms with van der Waals surface area (Å²) in [6.07, 6.45) is 0.883. The van der Waals surface area contributed by atoms with Crippen molar-refractivity contribution in [2.24, 2.45) is 0 Å². The quantitative estimate of drug-likeness (QED) is 0.757. The van der Waals surface area contributed by atoms with Gasteiger partial charge < -0.3 is 9.67 Å². The van der Waals surface area contributed by atoms with Gasteiger partial charge in [-0.05, 0) is 23.3 Å². The number of aliphatic hydroxyl groups excluding tert-OH is 1. The molecule has 0 bridgehead atoms. The van der Waals surface area contributed by atoms with E-state index in [0.29, 0.717) is 0 Å². The lowest BCUT2D eigenvalue weighted by molar-refractivity contribution is 0.271. The topological polar surface area (TPSA) is 25.2 Å². The molecule has 1 aromatic heterocycles. The monoisotopic (exact) mass is 277 g/mol. The summed E-state index contributed by atoms with van der Waals surface area (Å²) in [6.45, 7) is 0.869. The first kappa shape index (κ1) is 13.7. The summed E-state index contributed by atoms with van der Waals surface area (Å²) < 4.78 is 2.21. The van der Waals surface area contributed by atoms with Gasteiger partial charge in [-0.25, -0.2) is 0 Å². The Kier molecular flexibility index (Phi) is 4.17. The van der Waals surface area contributed by atoms with Crippen molar-refractivity contribution in [1.82, 2.24) is 4.57 Å². The molecule has 1 heterocycles. The summed E-state index contributed by atoms with van der Waals surface area (Å²) in [5.41, 5.74) is 4.73. The first-order valence-corrected chi connectivity index (χ1v) is 7.23. The number of rotatable bonds is 5. The SMILES string of the molecule is OCc1ccc(Cc2ccccc2)n1Cc1ccccc1. The smallest absolute Gasteiger partial charge is 0.0833 e. The van der Waals surface area contributed by atoms with Crippen molar-refractivity contribution in [3.05, 3.63) is 95.3 Å². The van der Waals surface area contributed by atoms with Gasteiger partial charge in [-0.15, -0.1) is 0 Å². The van der Waals surface area contributed by atoms with Gasteiger partial charge in [0.15, 0.2) is 0 Å². The van der Waals surface area contributed by atoms with Crippen LogP contribution >= 0.6 is 0 Å². The minimum atomic E-state index is 0.0711. The Labute approximate surface area is 125 Å². The molecular weight excluding hydrogens is 258 g/mol. The molecule has 2 aromatic carbocycles. The second-order valence-corrected chi connectivity index (χ2v) is 5.21. The summed E-state index contributed by atoms with van der Waals surface area (Å²) in [7, 11) is 0. The molecule has 3 rings (SSSR count). The van der Waals surface area contributed by atoms with Crippen molar-refractivity contribution >= 4 is 0 Å². The van der Waals surface area contributed by atoms with Gasteiger partial charge in [-0.2, -0.15) is 0 Å². The third-order valence-corrected chi connectivity index (χ3v) is 3.74. The zero-order chi connectivity index (χ0) is 14.5. The van der Waals surface area contributed by atoms with Crippen LogP contribution in [0.5, 0.6) is 0 Å². The lowest BCUT2D eigenvalue weighted by Gasteiger charge is -2.13. The highest BCUT2D eigenvalue weighted by molar-refractivity contribution is 5.27. The minimum absolute atomic E-state index is 0.0711. The Morgan fingerprint density at radius 1 is 0.667 bits per heavy atom. The van der Waals surface area contributed by atoms with E-state index in [1.165, 1.54) is 16.8 Å². The maximum absolute atomic E-state index is 9.56. The fourth-order valence-electron chi connectivity index (χ4n) is 2.62. The number of aliphatic hydroxyl groups is 1. The minimum Gasteiger partial charge on any atom is -0.390 e. The van der Waals surface area contributed by atoms with Gasteiger partial charge in [0.1, 0.15) is 0 Å². The van der Waals surface area contributed by atoms with E-state index in [1.807, 2.05) is 30.3 Å². The lowest BCUT2D eigenvalue weighted by atomic mass is 10.1. The summed E-state index contributed by atoms with van der Waals surface area (Å²) in [5.74, 6) is 0.